The van der Waals surface area contributed by atoms with Crippen molar-refractivity contribution in [1.82, 2.24) is 4.90 Å². The summed E-state index contributed by atoms with van der Waals surface area (Å²) in [7, 11) is 0. The van der Waals surface area contributed by atoms with Gasteiger partial charge in [0.2, 0.25) is 0 Å². The van der Waals surface area contributed by atoms with Crippen molar-refractivity contribution >= 4 is 5.91 Å². The van der Waals surface area contributed by atoms with Crippen LogP contribution in [-0.2, 0) is 0 Å². The summed E-state index contributed by atoms with van der Waals surface area (Å²) in [5.41, 5.74) is 7.17. The van der Waals surface area contributed by atoms with E-state index in [4.69, 9.17) is 16.3 Å². The van der Waals surface area contributed by atoms with Crippen LogP contribution in [0.5, 0.6) is 0 Å². The maximum Gasteiger partial charge on any atom is 0.256 e. The van der Waals surface area contributed by atoms with Crippen LogP contribution in [0.15, 0.2) is 18.2 Å². The zero-order chi connectivity index (χ0) is 15.0. The fourth-order valence-corrected chi connectivity index (χ4v) is 1.63. The summed E-state index contributed by atoms with van der Waals surface area (Å²) in [4.78, 5) is 13.6. The first-order valence-electron chi connectivity index (χ1n) is 5.96. The molecule has 0 fully saturated rings. The molecule has 0 aromatic heterocycles. The minimum Gasteiger partial charge on any atom is -0.320 e. The molecule has 1 rings (SSSR count). The lowest BCUT2D eigenvalue weighted by Crippen LogP contribution is -2.32. The van der Waals surface area contributed by atoms with Gasteiger partial charge in [0.15, 0.2) is 0 Å². The Morgan fingerprint density at radius 3 is 2.50 bits per heavy atom. The van der Waals surface area contributed by atoms with Crippen molar-refractivity contribution in [2.45, 2.75) is 6.92 Å². The third-order valence-electron chi connectivity index (χ3n) is 2.54. The number of aryl methyl sites for hydroxylation is 1. The summed E-state index contributed by atoms with van der Waals surface area (Å²) >= 11 is 0. The molecule has 0 aliphatic rings. The fourth-order valence-electron chi connectivity index (χ4n) is 1.63. The molecule has 1 amide bonds. The number of carbonyl (C=O) groups is 1. The van der Waals surface area contributed by atoms with E-state index in [1.807, 2.05) is 25.1 Å². The second-order valence-electron chi connectivity index (χ2n) is 4.03. The quantitative estimate of drug-likeness (QED) is 0.646. The molecular formula is C15H14N4O. The Morgan fingerprint density at radius 1 is 1.30 bits per heavy atom. The minimum absolute atomic E-state index is 0.135. The largest absolute Gasteiger partial charge is 0.320 e. The maximum atomic E-state index is 12.4. The van der Waals surface area contributed by atoms with Crippen molar-refractivity contribution < 1.29 is 4.79 Å². The van der Waals surface area contributed by atoms with E-state index in [0.29, 0.717) is 11.1 Å². The molecule has 0 unspecified atom stereocenters. The molecule has 0 aliphatic carbocycles. The van der Waals surface area contributed by atoms with Gasteiger partial charge < -0.3 is 10.6 Å². The Morgan fingerprint density at radius 2 is 1.95 bits per heavy atom. The van der Waals surface area contributed by atoms with Crippen LogP contribution in [0.2, 0.25) is 0 Å². The monoisotopic (exact) mass is 266 g/mol. The van der Waals surface area contributed by atoms with E-state index in [2.05, 4.69) is 11.8 Å². The number of nitriles is 2. The van der Waals surface area contributed by atoms with E-state index in [1.54, 1.807) is 12.1 Å². The smallest absolute Gasteiger partial charge is 0.256 e. The van der Waals surface area contributed by atoms with Gasteiger partial charge in [-0.1, -0.05) is 23.5 Å². The number of nitrogens with two attached hydrogens (primary N) is 1. The second-order valence-corrected chi connectivity index (χ2v) is 4.03. The molecule has 0 spiro atoms. The lowest BCUT2D eigenvalue weighted by atomic mass is 10.0. The van der Waals surface area contributed by atoms with Crippen LogP contribution in [0.1, 0.15) is 21.5 Å². The van der Waals surface area contributed by atoms with Gasteiger partial charge >= 0.3 is 0 Å². The number of nitrogens with zero attached hydrogens (tertiary/aromatic N) is 3. The lowest BCUT2D eigenvalue weighted by molar-refractivity contribution is 0.0794. The number of hydrogen-bond acceptors (Lipinski definition) is 4. The first-order valence-corrected chi connectivity index (χ1v) is 5.96. The van der Waals surface area contributed by atoms with Crippen LogP contribution in [-0.4, -0.2) is 30.4 Å². The minimum atomic E-state index is -0.377. The number of hydrogen-bond donors (Lipinski definition) is 1. The SMILES string of the molecule is Cc1ccc(C#CCN)c(C(=O)N(CC#N)CC#N)c1. The summed E-state index contributed by atoms with van der Waals surface area (Å²) in [6.07, 6.45) is 0. The zero-order valence-corrected chi connectivity index (χ0v) is 11.2. The average Bonchev–Trinajstić information content (AvgIpc) is 2.45. The van der Waals surface area contributed by atoms with Crippen molar-refractivity contribution in [2.75, 3.05) is 19.6 Å². The standard InChI is InChI=1S/C15H14N4O/c1-12-4-5-13(3-2-6-16)14(11-12)15(20)19(9-7-17)10-8-18/h4-5,11H,6,9-10,16H2,1H3. The van der Waals surface area contributed by atoms with Crippen molar-refractivity contribution in [2.24, 2.45) is 5.73 Å². The van der Waals surface area contributed by atoms with E-state index < -0.39 is 0 Å². The maximum absolute atomic E-state index is 12.4. The first-order chi connectivity index (χ1) is 9.63. The second kappa shape index (κ2) is 7.59. The normalized spacial score (nSPS) is 8.80. The van der Waals surface area contributed by atoms with E-state index in [-0.39, 0.29) is 25.5 Å². The van der Waals surface area contributed by atoms with Gasteiger partial charge in [0.05, 0.1) is 24.2 Å². The average molecular weight is 266 g/mol. The number of benzene rings is 1. The highest BCUT2D eigenvalue weighted by atomic mass is 16.2. The van der Waals surface area contributed by atoms with Gasteiger partial charge in [0, 0.05) is 5.56 Å². The van der Waals surface area contributed by atoms with Gasteiger partial charge in [-0.25, -0.2) is 0 Å². The van der Waals surface area contributed by atoms with Crippen molar-refractivity contribution in [3.05, 3.63) is 34.9 Å². The van der Waals surface area contributed by atoms with Gasteiger partial charge in [-0.2, -0.15) is 10.5 Å². The van der Waals surface area contributed by atoms with Crippen LogP contribution in [0.4, 0.5) is 0 Å². The van der Waals surface area contributed by atoms with Crippen molar-refractivity contribution in [1.29, 1.82) is 10.5 Å². The summed E-state index contributed by atoms with van der Waals surface area (Å²) in [6, 6.07) is 9.04. The molecule has 0 atom stereocenters. The van der Waals surface area contributed by atoms with E-state index in [9.17, 15) is 4.79 Å². The summed E-state index contributed by atoms with van der Waals surface area (Å²) in [5, 5.41) is 17.5. The molecule has 0 bridgehead atoms. The summed E-state index contributed by atoms with van der Waals surface area (Å²) < 4.78 is 0. The van der Waals surface area contributed by atoms with Crippen LogP contribution in [0.3, 0.4) is 0 Å². The molecule has 0 aliphatic heterocycles. The molecule has 0 heterocycles. The third kappa shape index (κ3) is 3.85. The van der Waals surface area contributed by atoms with Crippen molar-refractivity contribution in [3.63, 3.8) is 0 Å². The predicted octanol–water partition coefficient (Wildman–Crippen LogP) is 0.795. The number of carbonyl (C=O) groups excluding carboxylic acids is 1. The molecule has 20 heavy (non-hydrogen) atoms. The summed E-state index contributed by atoms with van der Waals surface area (Å²) in [5.74, 6) is 5.15. The highest BCUT2D eigenvalue weighted by Gasteiger charge is 2.18. The summed E-state index contributed by atoms with van der Waals surface area (Å²) in [6.45, 7) is 1.78. The van der Waals surface area contributed by atoms with Gasteiger partial charge in [0.25, 0.3) is 5.91 Å². The first kappa shape index (κ1) is 15.2. The van der Waals surface area contributed by atoms with Crippen LogP contribution >= 0.6 is 0 Å². The van der Waals surface area contributed by atoms with Crippen LogP contribution < -0.4 is 5.73 Å². The van der Waals surface area contributed by atoms with Crippen LogP contribution in [0.25, 0.3) is 0 Å². The highest BCUT2D eigenvalue weighted by Crippen LogP contribution is 2.13. The van der Waals surface area contributed by atoms with Gasteiger partial charge in [-0.05, 0) is 19.1 Å². The highest BCUT2D eigenvalue weighted by molar-refractivity contribution is 5.97. The molecule has 2 N–H and O–H groups in total. The van der Waals surface area contributed by atoms with E-state index in [1.165, 1.54) is 4.90 Å². The Balaban J connectivity index is 3.22. The Bertz CT molecular complexity index is 625. The fraction of sp³-hybridized carbons (Fsp3) is 0.267. The third-order valence-corrected chi connectivity index (χ3v) is 2.54. The Labute approximate surface area is 118 Å². The predicted molar refractivity (Wildman–Crippen MR) is 74.2 cm³/mol. The number of amides is 1. The van der Waals surface area contributed by atoms with Gasteiger partial charge in [-0.15, -0.1) is 0 Å². The zero-order valence-electron chi connectivity index (χ0n) is 11.2. The molecule has 0 radical (unpaired) electrons. The molecular weight excluding hydrogens is 252 g/mol. The van der Waals surface area contributed by atoms with Gasteiger partial charge in [-0.3, -0.25) is 4.79 Å². The Kier molecular flexibility index (Phi) is 5.78. The molecule has 1 aromatic carbocycles. The lowest BCUT2D eigenvalue weighted by Gasteiger charge is -2.17. The van der Waals surface area contributed by atoms with E-state index in [0.717, 1.165) is 5.56 Å². The molecule has 1 aromatic rings. The van der Waals surface area contributed by atoms with E-state index >= 15 is 0 Å². The molecule has 5 nitrogen and oxygen atoms in total. The number of rotatable bonds is 3. The van der Waals surface area contributed by atoms with Gasteiger partial charge in [0.1, 0.15) is 13.1 Å². The van der Waals surface area contributed by atoms with Crippen molar-refractivity contribution in [3.8, 4) is 24.0 Å². The topological polar surface area (TPSA) is 93.9 Å². The Hall–Kier alpha value is -2.81. The molecule has 0 saturated carbocycles. The molecule has 100 valence electrons. The molecule has 0 saturated heterocycles. The molecule has 5 heteroatoms. The van der Waals surface area contributed by atoms with Crippen LogP contribution in [0, 0.1) is 41.4 Å².